The number of methoxy groups -OCH3 is 1. The van der Waals surface area contributed by atoms with Gasteiger partial charge in [-0.2, -0.15) is 0 Å². The first-order valence-electron chi connectivity index (χ1n) is 8.53. The van der Waals surface area contributed by atoms with Crippen LogP contribution in [0.3, 0.4) is 0 Å². The smallest absolute Gasteiger partial charge is 0.223 e. The SMILES string of the molecule is COc1ccccc1O[C@H]1O[C@@H]2COC(C)(C)O[C@@H]2[C@@H](O)[C@@H]1NC(C)=O. The van der Waals surface area contributed by atoms with Gasteiger partial charge in [-0.05, 0) is 26.0 Å². The molecule has 0 spiro atoms. The number of aliphatic hydroxyl groups excluding tert-OH is 1. The number of benzene rings is 1. The molecule has 3 rings (SSSR count). The number of carbonyl (C=O) groups excluding carboxylic acids is 1. The van der Waals surface area contributed by atoms with Crippen LogP contribution in [0, 0.1) is 0 Å². The van der Waals surface area contributed by atoms with Gasteiger partial charge >= 0.3 is 0 Å². The van der Waals surface area contributed by atoms with E-state index in [1.165, 1.54) is 14.0 Å². The second kappa shape index (κ2) is 7.40. The topological polar surface area (TPSA) is 95.5 Å². The third-order valence-corrected chi connectivity index (χ3v) is 4.37. The highest BCUT2D eigenvalue weighted by Crippen LogP contribution is 2.35. The molecule has 2 aliphatic heterocycles. The van der Waals surface area contributed by atoms with Crippen molar-refractivity contribution in [2.75, 3.05) is 13.7 Å². The molecule has 26 heavy (non-hydrogen) atoms. The summed E-state index contributed by atoms with van der Waals surface area (Å²) < 4.78 is 28.6. The number of para-hydroxylation sites is 2. The molecule has 8 heteroatoms. The molecule has 0 radical (unpaired) electrons. The van der Waals surface area contributed by atoms with Crippen molar-refractivity contribution < 1.29 is 33.6 Å². The van der Waals surface area contributed by atoms with E-state index in [9.17, 15) is 9.90 Å². The molecule has 5 atom stereocenters. The highest BCUT2D eigenvalue weighted by molar-refractivity contribution is 5.73. The van der Waals surface area contributed by atoms with Gasteiger partial charge in [-0.3, -0.25) is 4.79 Å². The Morgan fingerprint density at radius 2 is 2.00 bits per heavy atom. The summed E-state index contributed by atoms with van der Waals surface area (Å²) in [6.07, 6.45) is -3.13. The van der Waals surface area contributed by atoms with Gasteiger partial charge in [-0.25, -0.2) is 0 Å². The van der Waals surface area contributed by atoms with Gasteiger partial charge in [-0.1, -0.05) is 12.1 Å². The van der Waals surface area contributed by atoms with E-state index < -0.39 is 36.4 Å². The maximum Gasteiger partial charge on any atom is 0.223 e. The largest absolute Gasteiger partial charge is 0.493 e. The molecule has 2 aliphatic rings. The number of carbonyl (C=O) groups is 1. The van der Waals surface area contributed by atoms with Crippen molar-refractivity contribution in [1.82, 2.24) is 5.32 Å². The molecule has 0 aliphatic carbocycles. The van der Waals surface area contributed by atoms with Gasteiger partial charge in [0, 0.05) is 6.92 Å². The summed E-state index contributed by atoms with van der Waals surface area (Å²) in [6, 6.07) is 6.27. The number of ether oxygens (including phenoxy) is 5. The molecule has 2 heterocycles. The minimum absolute atomic E-state index is 0.243. The zero-order chi connectivity index (χ0) is 18.9. The van der Waals surface area contributed by atoms with Crippen LogP contribution in [0.25, 0.3) is 0 Å². The van der Waals surface area contributed by atoms with Crippen molar-refractivity contribution in [3.63, 3.8) is 0 Å². The molecule has 0 saturated carbocycles. The third-order valence-electron chi connectivity index (χ3n) is 4.37. The van der Waals surface area contributed by atoms with E-state index in [4.69, 9.17) is 23.7 Å². The molecule has 0 bridgehead atoms. The number of nitrogens with one attached hydrogen (secondary N) is 1. The Balaban J connectivity index is 1.84. The Labute approximate surface area is 152 Å². The zero-order valence-electron chi connectivity index (χ0n) is 15.3. The molecule has 2 N–H and O–H groups in total. The summed E-state index contributed by atoms with van der Waals surface area (Å²) >= 11 is 0. The Kier molecular flexibility index (Phi) is 5.38. The molecule has 1 amide bonds. The van der Waals surface area contributed by atoms with Crippen molar-refractivity contribution in [3.8, 4) is 11.5 Å². The second-order valence-electron chi connectivity index (χ2n) is 6.82. The average Bonchev–Trinajstić information content (AvgIpc) is 2.59. The third kappa shape index (κ3) is 3.93. The summed E-state index contributed by atoms with van der Waals surface area (Å²) in [6.45, 7) is 5.14. The lowest BCUT2D eigenvalue weighted by molar-refractivity contribution is -0.361. The first-order valence-corrected chi connectivity index (χ1v) is 8.53. The van der Waals surface area contributed by atoms with Crippen LogP contribution in [0.15, 0.2) is 24.3 Å². The van der Waals surface area contributed by atoms with Gasteiger partial charge in [0.1, 0.15) is 24.4 Å². The normalized spacial score (nSPS) is 33.0. The lowest BCUT2D eigenvalue weighted by atomic mass is 9.95. The molecule has 144 valence electrons. The number of aliphatic hydroxyl groups is 1. The highest BCUT2D eigenvalue weighted by atomic mass is 16.8. The minimum atomic E-state index is -1.03. The van der Waals surface area contributed by atoms with Crippen LogP contribution in [0.2, 0.25) is 0 Å². The quantitative estimate of drug-likeness (QED) is 0.813. The van der Waals surface area contributed by atoms with Crippen molar-refractivity contribution in [2.24, 2.45) is 0 Å². The van der Waals surface area contributed by atoms with E-state index in [1.807, 2.05) is 6.07 Å². The summed E-state index contributed by atoms with van der Waals surface area (Å²) in [7, 11) is 1.53. The predicted molar refractivity (Wildman–Crippen MR) is 90.8 cm³/mol. The molecular formula is C18H25NO7. The Bertz CT molecular complexity index is 650. The monoisotopic (exact) mass is 367 g/mol. The average molecular weight is 367 g/mol. The van der Waals surface area contributed by atoms with Crippen LogP contribution in [0.1, 0.15) is 20.8 Å². The van der Waals surface area contributed by atoms with Crippen LogP contribution < -0.4 is 14.8 Å². The van der Waals surface area contributed by atoms with Crippen molar-refractivity contribution in [3.05, 3.63) is 24.3 Å². The van der Waals surface area contributed by atoms with E-state index in [0.29, 0.717) is 11.5 Å². The first-order chi connectivity index (χ1) is 12.3. The van der Waals surface area contributed by atoms with Gasteiger partial charge in [0.15, 0.2) is 17.3 Å². The Morgan fingerprint density at radius 3 is 2.65 bits per heavy atom. The van der Waals surface area contributed by atoms with Crippen molar-refractivity contribution in [1.29, 1.82) is 0 Å². The van der Waals surface area contributed by atoms with Crippen LogP contribution >= 0.6 is 0 Å². The maximum atomic E-state index is 11.6. The van der Waals surface area contributed by atoms with Crippen molar-refractivity contribution in [2.45, 2.75) is 57.2 Å². The molecular weight excluding hydrogens is 342 g/mol. The van der Waals surface area contributed by atoms with Crippen LogP contribution in [-0.2, 0) is 19.0 Å². The zero-order valence-corrected chi connectivity index (χ0v) is 15.3. The van der Waals surface area contributed by atoms with Gasteiger partial charge in [-0.15, -0.1) is 0 Å². The van der Waals surface area contributed by atoms with Crippen LogP contribution in [-0.4, -0.2) is 61.2 Å². The highest BCUT2D eigenvalue weighted by Gasteiger charge is 2.52. The molecule has 1 aromatic rings. The number of fused-ring (bicyclic) bond motifs is 1. The summed E-state index contributed by atoms with van der Waals surface area (Å²) in [5.74, 6) is -0.190. The first kappa shape index (κ1) is 18.9. The van der Waals surface area contributed by atoms with E-state index in [1.54, 1.807) is 32.0 Å². The summed E-state index contributed by atoms with van der Waals surface area (Å²) in [5, 5.41) is 13.5. The van der Waals surface area contributed by atoms with Crippen LogP contribution in [0.4, 0.5) is 0 Å². The van der Waals surface area contributed by atoms with E-state index in [0.717, 1.165) is 0 Å². The van der Waals surface area contributed by atoms with Gasteiger partial charge < -0.3 is 34.1 Å². The molecule has 2 saturated heterocycles. The molecule has 2 fully saturated rings. The number of amides is 1. The van der Waals surface area contributed by atoms with E-state index in [2.05, 4.69) is 5.32 Å². The second-order valence-corrected chi connectivity index (χ2v) is 6.82. The fourth-order valence-electron chi connectivity index (χ4n) is 3.17. The lowest BCUT2D eigenvalue weighted by Crippen LogP contribution is -2.69. The standard InChI is InChI=1S/C18H25NO7/c1-10(20)19-14-15(21)16-13(9-23-18(2,3)26-16)25-17(14)24-12-8-6-5-7-11(12)22-4/h5-8,13-17,21H,9H2,1-4H3,(H,19,20)/t13-,14+,15+,16+,17+/m1/s1. The van der Waals surface area contributed by atoms with Gasteiger partial charge in [0.25, 0.3) is 0 Å². The minimum Gasteiger partial charge on any atom is -0.493 e. The number of hydrogen-bond donors (Lipinski definition) is 2. The van der Waals surface area contributed by atoms with E-state index in [-0.39, 0.29) is 12.5 Å². The van der Waals surface area contributed by atoms with E-state index >= 15 is 0 Å². The number of rotatable bonds is 4. The number of hydrogen-bond acceptors (Lipinski definition) is 7. The van der Waals surface area contributed by atoms with Crippen molar-refractivity contribution >= 4 is 5.91 Å². The van der Waals surface area contributed by atoms with Crippen LogP contribution in [0.5, 0.6) is 11.5 Å². The molecule has 8 nitrogen and oxygen atoms in total. The maximum absolute atomic E-state index is 11.6. The summed E-state index contributed by atoms with van der Waals surface area (Å²) in [5.41, 5.74) is 0. The Hall–Kier alpha value is -1.87. The van der Waals surface area contributed by atoms with Gasteiger partial charge in [0.05, 0.1) is 13.7 Å². The summed E-state index contributed by atoms with van der Waals surface area (Å²) in [4.78, 5) is 11.6. The molecule has 1 aromatic carbocycles. The fraction of sp³-hybridized carbons (Fsp3) is 0.611. The Morgan fingerprint density at radius 1 is 1.31 bits per heavy atom. The fourth-order valence-corrected chi connectivity index (χ4v) is 3.17. The molecule has 0 aromatic heterocycles. The predicted octanol–water partition coefficient (Wildman–Crippen LogP) is 0.816. The van der Waals surface area contributed by atoms with Gasteiger partial charge in [0.2, 0.25) is 12.2 Å². The molecule has 0 unspecified atom stereocenters. The lowest BCUT2D eigenvalue weighted by Gasteiger charge is -2.49.